The Kier molecular flexibility index (Phi) is 8.90. The van der Waals surface area contributed by atoms with E-state index in [1.165, 1.54) is 5.56 Å². The average molecular weight is 459 g/mol. The smallest absolute Gasteiger partial charge is 0.242 e. The summed E-state index contributed by atoms with van der Waals surface area (Å²) in [5.41, 5.74) is 3.33. The van der Waals surface area contributed by atoms with Gasteiger partial charge >= 0.3 is 0 Å². The van der Waals surface area contributed by atoms with Crippen LogP contribution in [0.25, 0.3) is 0 Å². The molecule has 0 fully saturated rings. The number of carbonyl (C=O) groups excluding carboxylic acids is 2. The summed E-state index contributed by atoms with van der Waals surface area (Å²) in [5, 5.41) is 2.95. The number of rotatable bonds is 9. The van der Waals surface area contributed by atoms with Crippen LogP contribution >= 0.6 is 15.9 Å². The second-order valence-electron chi connectivity index (χ2n) is 7.95. The number of carbonyl (C=O) groups is 2. The lowest BCUT2D eigenvalue weighted by Gasteiger charge is -2.29. The molecule has 0 unspecified atom stereocenters. The van der Waals surface area contributed by atoms with Crippen LogP contribution < -0.4 is 5.32 Å². The fraction of sp³-hybridized carbons (Fsp3) is 0.417. The molecule has 0 bridgehead atoms. The van der Waals surface area contributed by atoms with Gasteiger partial charge in [0.15, 0.2) is 0 Å². The normalized spacial score (nSPS) is 11.9. The number of aryl methyl sites for hydroxylation is 2. The number of amides is 2. The first kappa shape index (κ1) is 23.1. The van der Waals surface area contributed by atoms with Gasteiger partial charge < -0.3 is 10.2 Å². The lowest BCUT2D eigenvalue weighted by molar-refractivity contribution is -0.140. The van der Waals surface area contributed by atoms with Crippen molar-refractivity contribution >= 4 is 27.7 Å². The molecule has 5 heteroatoms. The van der Waals surface area contributed by atoms with E-state index < -0.39 is 6.04 Å². The zero-order valence-electron chi connectivity index (χ0n) is 17.7. The molecule has 0 saturated carbocycles. The van der Waals surface area contributed by atoms with E-state index in [1.54, 1.807) is 11.8 Å². The maximum absolute atomic E-state index is 13.1. The van der Waals surface area contributed by atoms with Crippen molar-refractivity contribution in [3.63, 3.8) is 0 Å². The number of nitrogens with zero attached hydrogens (tertiary/aromatic N) is 1. The van der Waals surface area contributed by atoms with Gasteiger partial charge in [0, 0.05) is 24.0 Å². The Morgan fingerprint density at radius 1 is 0.966 bits per heavy atom. The highest BCUT2D eigenvalue weighted by Crippen LogP contribution is 2.16. The van der Waals surface area contributed by atoms with Crippen LogP contribution in [-0.4, -0.2) is 29.3 Å². The third-order valence-electron chi connectivity index (χ3n) is 4.87. The largest absolute Gasteiger partial charge is 0.354 e. The van der Waals surface area contributed by atoms with Gasteiger partial charge in [0.2, 0.25) is 11.8 Å². The van der Waals surface area contributed by atoms with E-state index in [2.05, 4.69) is 59.4 Å². The van der Waals surface area contributed by atoms with E-state index in [-0.39, 0.29) is 11.8 Å². The van der Waals surface area contributed by atoms with E-state index in [9.17, 15) is 9.59 Å². The molecule has 1 atom stereocenters. The van der Waals surface area contributed by atoms with Crippen molar-refractivity contribution in [1.82, 2.24) is 10.2 Å². The van der Waals surface area contributed by atoms with Crippen molar-refractivity contribution in [2.45, 2.75) is 53.1 Å². The second-order valence-corrected chi connectivity index (χ2v) is 8.86. The molecular weight excluding hydrogens is 428 g/mol. The maximum Gasteiger partial charge on any atom is 0.242 e. The monoisotopic (exact) mass is 458 g/mol. The second kappa shape index (κ2) is 11.1. The van der Waals surface area contributed by atoms with Crippen molar-refractivity contribution in [1.29, 1.82) is 0 Å². The van der Waals surface area contributed by atoms with Crippen LogP contribution in [0.5, 0.6) is 0 Å². The lowest BCUT2D eigenvalue weighted by atomic mass is 10.1. The highest BCUT2D eigenvalue weighted by molar-refractivity contribution is 9.10. The molecule has 2 rings (SSSR count). The quantitative estimate of drug-likeness (QED) is 0.581. The summed E-state index contributed by atoms with van der Waals surface area (Å²) in [6.07, 6.45) is 1.04. The molecule has 2 aromatic carbocycles. The summed E-state index contributed by atoms with van der Waals surface area (Å²) in [5.74, 6) is 0.239. The van der Waals surface area contributed by atoms with Crippen LogP contribution in [-0.2, 0) is 22.6 Å². The van der Waals surface area contributed by atoms with E-state index in [4.69, 9.17) is 0 Å². The van der Waals surface area contributed by atoms with E-state index in [1.807, 2.05) is 31.2 Å². The van der Waals surface area contributed by atoms with Crippen LogP contribution in [0.3, 0.4) is 0 Å². The highest BCUT2D eigenvalue weighted by Gasteiger charge is 2.25. The fourth-order valence-corrected chi connectivity index (χ4v) is 3.24. The minimum Gasteiger partial charge on any atom is -0.354 e. The molecule has 0 aliphatic heterocycles. The Labute approximate surface area is 182 Å². The van der Waals surface area contributed by atoms with Crippen molar-refractivity contribution in [2.24, 2.45) is 5.92 Å². The fourth-order valence-electron chi connectivity index (χ4n) is 2.97. The van der Waals surface area contributed by atoms with Crippen LogP contribution in [0.1, 0.15) is 43.9 Å². The average Bonchev–Trinajstić information content (AvgIpc) is 2.70. The minimum atomic E-state index is -0.525. The van der Waals surface area contributed by atoms with E-state index in [0.29, 0.717) is 31.8 Å². The first-order chi connectivity index (χ1) is 13.8. The van der Waals surface area contributed by atoms with Gasteiger partial charge in [-0.2, -0.15) is 0 Å². The molecule has 0 aliphatic carbocycles. The summed E-state index contributed by atoms with van der Waals surface area (Å²) in [6, 6.07) is 15.6. The van der Waals surface area contributed by atoms with Gasteiger partial charge in [0.25, 0.3) is 0 Å². The highest BCUT2D eigenvalue weighted by atomic mass is 79.9. The lowest BCUT2D eigenvalue weighted by Crippen LogP contribution is -2.48. The molecular formula is C24H31BrN2O2. The van der Waals surface area contributed by atoms with Crippen molar-refractivity contribution in [3.05, 3.63) is 69.7 Å². The van der Waals surface area contributed by atoms with Gasteiger partial charge in [-0.3, -0.25) is 9.59 Å². The Bertz CT molecular complexity index is 801. The predicted molar refractivity (Wildman–Crippen MR) is 122 cm³/mol. The number of nitrogens with one attached hydrogen (secondary N) is 1. The van der Waals surface area contributed by atoms with Gasteiger partial charge in [-0.25, -0.2) is 0 Å². The molecule has 0 radical (unpaired) electrons. The molecule has 2 aromatic rings. The molecule has 29 heavy (non-hydrogen) atoms. The topological polar surface area (TPSA) is 49.4 Å². The van der Waals surface area contributed by atoms with Gasteiger partial charge in [0.05, 0.1) is 0 Å². The van der Waals surface area contributed by atoms with Crippen LogP contribution in [0.2, 0.25) is 0 Å². The van der Waals surface area contributed by atoms with Crippen LogP contribution in [0.15, 0.2) is 53.0 Å². The third-order valence-corrected chi connectivity index (χ3v) is 5.39. The molecule has 0 aromatic heterocycles. The van der Waals surface area contributed by atoms with Crippen LogP contribution in [0.4, 0.5) is 0 Å². The standard InChI is InChI=1S/C24H31BrN2O2/c1-17(2)15-26-24(29)19(4)27(16-21-9-12-22(25)13-10-21)23(28)14-11-20-7-5-18(3)6-8-20/h5-10,12-13,17,19H,11,14-16H2,1-4H3,(H,26,29)/t19-/m0/s1. The molecule has 0 spiro atoms. The molecule has 2 amide bonds. The maximum atomic E-state index is 13.1. The Morgan fingerprint density at radius 2 is 1.55 bits per heavy atom. The SMILES string of the molecule is Cc1ccc(CCC(=O)N(Cc2ccc(Br)cc2)[C@@H](C)C(=O)NCC(C)C)cc1. The van der Waals surface area contributed by atoms with Gasteiger partial charge in [0.1, 0.15) is 6.04 Å². The third kappa shape index (κ3) is 7.65. The zero-order chi connectivity index (χ0) is 21.4. The molecule has 1 N–H and O–H groups in total. The summed E-state index contributed by atoms with van der Waals surface area (Å²) < 4.78 is 0.987. The van der Waals surface area contributed by atoms with Gasteiger partial charge in [-0.15, -0.1) is 0 Å². The number of benzene rings is 2. The molecule has 4 nitrogen and oxygen atoms in total. The first-order valence-electron chi connectivity index (χ1n) is 10.1. The first-order valence-corrected chi connectivity index (χ1v) is 10.9. The molecule has 156 valence electrons. The number of hydrogen-bond acceptors (Lipinski definition) is 2. The molecule has 0 saturated heterocycles. The van der Waals surface area contributed by atoms with Crippen molar-refractivity contribution in [2.75, 3.05) is 6.54 Å². The number of hydrogen-bond donors (Lipinski definition) is 1. The Balaban J connectivity index is 2.10. The minimum absolute atomic E-state index is 0.0132. The van der Waals surface area contributed by atoms with Gasteiger partial charge in [-0.05, 0) is 49.4 Å². The van der Waals surface area contributed by atoms with E-state index in [0.717, 1.165) is 15.6 Å². The summed E-state index contributed by atoms with van der Waals surface area (Å²) in [7, 11) is 0. The molecule has 0 aliphatic rings. The van der Waals surface area contributed by atoms with Crippen LogP contribution in [0, 0.1) is 12.8 Å². The summed E-state index contributed by atoms with van der Waals surface area (Å²) in [4.78, 5) is 27.4. The summed E-state index contributed by atoms with van der Waals surface area (Å²) >= 11 is 3.44. The predicted octanol–water partition coefficient (Wildman–Crippen LogP) is 4.88. The van der Waals surface area contributed by atoms with E-state index >= 15 is 0 Å². The van der Waals surface area contributed by atoms with Crippen molar-refractivity contribution in [3.8, 4) is 0 Å². The Morgan fingerprint density at radius 3 is 2.14 bits per heavy atom. The number of halogens is 1. The van der Waals surface area contributed by atoms with Gasteiger partial charge in [-0.1, -0.05) is 71.7 Å². The summed E-state index contributed by atoms with van der Waals surface area (Å²) in [6.45, 7) is 8.97. The molecule has 0 heterocycles. The van der Waals surface area contributed by atoms with Crippen molar-refractivity contribution < 1.29 is 9.59 Å². The Hall–Kier alpha value is -2.14. The zero-order valence-corrected chi connectivity index (χ0v) is 19.3.